The molecular formula is C20H21N3O5S. The fourth-order valence-electron chi connectivity index (χ4n) is 2.80. The van der Waals surface area contributed by atoms with Gasteiger partial charge < -0.3 is 14.9 Å². The maximum Gasteiger partial charge on any atom is 0.294 e. The van der Waals surface area contributed by atoms with Gasteiger partial charge in [0.15, 0.2) is 0 Å². The summed E-state index contributed by atoms with van der Waals surface area (Å²) in [5.74, 6) is -0.993. The first-order valence-electron chi connectivity index (χ1n) is 9.03. The summed E-state index contributed by atoms with van der Waals surface area (Å²) in [4.78, 5) is 12.5. The minimum absolute atomic E-state index is 0.0307. The molecule has 0 atom stereocenters. The predicted molar refractivity (Wildman–Crippen MR) is 108 cm³/mol. The van der Waals surface area contributed by atoms with Gasteiger partial charge in [0.05, 0.1) is 10.6 Å². The van der Waals surface area contributed by atoms with Gasteiger partial charge in [-0.3, -0.25) is 4.79 Å². The summed E-state index contributed by atoms with van der Waals surface area (Å²) >= 11 is 0. The average molecular weight is 415 g/mol. The van der Waals surface area contributed by atoms with Crippen molar-refractivity contribution in [2.45, 2.75) is 18.7 Å². The van der Waals surface area contributed by atoms with Crippen LogP contribution >= 0.6 is 0 Å². The Morgan fingerprint density at radius 2 is 1.79 bits per heavy atom. The Bertz CT molecular complexity index is 1110. The van der Waals surface area contributed by atoms with Crippen LogP contribution in [0.2, 0.25) is 0 Å². The van der Waals surface area contributed by atoms with Gasteiger partial charge in [0, 0.05) is 24.7 Å². The van der Waals surface area contributed by atoms with Gasteiger partial charge in [0.2, 0.25) is 15.8 Å². The molecule has 3 rings (SSSR count). The van der Waals surface area contributed by atoms with Crippen LogP contribution in [0.4, 0.5) is 5.69 Å². The first kappa shape index (κ1) is 20.6. The number of benzene rings is 2. The second-order valence-electron chi connectivity index (χ2n) is 6.16. The minimum atomic E-state index is -3.74. The zero-order valence-electron chi connectivity index (χ0n) is 16.0. The number of aromatic hydroxyl groups is 1. The highest BCUT2D eigenvalue weighted by Crippen LogP contribution is 2.29. The molecule has 0 aliphatic heterocycles. The van der Waals surface area contributed by atoms with Crippen LogP contribution < -0.4 is 5.32 Å². The molecule has 1 aromatic heterocycles. The number of rotatable bonds is 7. The number of amides is 1. The Morgan fingerprint density at radius 1 is 1.10 bits per heavy atom. The largest absolute Gasteiger partial charge is 0.506 e. The average Bonchev–Trinajstić information content (AvgIpc) is 3.21. The smallest absolute Gasteiger partial charge is 0.294 e. The van der Waals surface area contributed by atoms with Gasteiger partial charge in [-0.2, -0.15) is 4.31 Å². The first-order chi connectivity index (χ1) is 13.9. The third kappa shape index (κ3) is 4.30. The summed E-state index contributed by atoms with van der Waals surface area (Å²) in [5, 5.41) is 16.4. The van der Waals surface area contributed by atoms with E-state index in [2.05, 4.69) is 10.5 Å². The second kappa shape index (κ2) is 8.46. The van der Waals surface area contributed by atoms with Gasteiger partial charge in [-0.25, -0.2) is 8.42 Å². The molecule has 0 saturated heterocycles. The normalized spacial score (nSPS) is 11.6. The van der Waals surface area contributed by atoms with Gasteiger partial charge in [-0.15, -0.1) is 0 Å². The zero-order valence-corrected chi connectivity index (χ0v) is 16.8. The fraction of sp³-hybridized carbons (Fsp3) is 0.200. The Kier molecular flexibility index (Phi) is 6.00. The highest BCUT2D eigenvalue weighted by Gasteiger charge is 2.23. The molecule has 2 N–H and O–H groups in total. The van der Waals surface area contributed by atoms with E-state index in [-0.39, 0.29) is 22.1 Å². The second-order valence-corrected chi connectivity index (χ2v) is 8.10. The Morgan fingerprint density at radius 3 is 2.45 bits per heavy atom. The lowest BCUT2D eigenvalue weighted by Crippen LogP contribution is -2.30. The van der Waals surface area contributed by atoms with Crippen molar-refractivity contribution >= 4 is 21.6 Å². The highest BCUT2D eigenvalue weighted by molar-refractivity contribution is 7.89. The number of carbonyl (C=O) groups excluding carboxylic acids is 1. The molecule has 0 saturated carbocycles. The Hall–Kier alpha value is -3.17. The lowest BCUT2D eigenvalue weighted by Gasteiger charge is -2.19. The molecule has 0 radical (unpaired) electrons. The van der Waals surface area contributed by atoms with Crippen molar-refractivity contribution in [2.75, 3.05) is 18.4 Å². The molecule has 0 unspecified atom stereocenters. The van der Waals surface area contributed by atoms with Crippen molar-refractivity contribution in [2.24, 2.45) is 0 Å². The van der Waals surface area contributed by atoms with Crippen LogP contribution in [0.3, 0.4) is 0 Å². The molecular weight excluding hydrogens is 394 g/mol. The SMILES string of the molecule is CCN(CC)S(=O)(=O)c1ccc(O)c(NC(=O)c2cc(-c3ccccc3)no2)c1. The van der Waals surface area contributed by atoms with Crippen LogP contribution in [0.1, 0.15) is 24.4 Å². The maximum atomic E-state index is 12.7. The number of phenols is 1. The molecule has 3 aromatic rings. The van der Waals surface area contributed by atoms with Crippen LogP contribution in [0.15, 0.2) is 64.0 Å². The molecule has 2 aromatic carbocycles. The number of hydrogen-bond acceptors (Lipinski definition) is 6. The van der Waals surface area contributed by atoms with Crippen molar-refractivity contribution in [1.82, 2.24) is 9.46 Å². The van der Waals surface area contributed by atoms with Crippen LogP contribution in [-0.2, 0) is 10.0 Å². The Labute approximate surface area is 168 Å². The molecule has 1 amide bonds. The highest BCUT2D eigenvalue weighted by atomic mass is 32.2. The summed E-state index contributed by atoms with van der Waals surface area (Å²) in [6, 6.07) is 14.4. The summed E-state index contributed by atoms with van der Waals surface area (Å²) in [7, 11) is -3.74. The maximum absolute atomic E-state index is 12.7. The quantitative estimate of drug-likeness (QED) is 0.572. The number of carbonyl (C=O) groups is 1. The van der Waals surface area contributed by atoms with Crippen molar-refractivity contribution < 1.29 is 22.8 Å². The zero-order chi connectivity index (χ0) is 21.0. The third-order valence-corrected chi connectivity index (χ3v) is 6.41. The topological polar surface area (TPSA) is 113 Å². The monoisotopic (exact) mass is 415 g/mol. The lowest BCUT2D eigenvalue weighted by molar-refractivity contribution is 0.0987. The molecule has 8 nitrogen and oxygen atoms in total. The van der Waals surface area contributed by atoms with E-state index in [0.29, 0.717) is 18.8 Å². The summed E-state index contributed by atoms with van der Waals surface area (Å²) < 4.78 is 31.7. The summed E-state index contributed by atoms with van der Waals surface area (Å²) in [5.41, 5.74) is 1.23. The van der Waals surface area contributed by atoms with Crippen LogP contribution in [-0.4, -0.2) is 42.0 Å². The lowest BCUT2D eigenvalue weighted by atomic mass is 10.1. The molecule has 0 spiro atoms. The number of sulfonamides is 1. The molecule has 0 bridgehead atoms. The molecule has 9 heteroatoms. The summed E-state index contributed by atoms with van der Waals surface area (Å²) in [6.07, 6.45) is 0. The van der Waals surface area contributed by atoms with Crippen molar-refractivity contribution in [3.05, 3.63) is 60.4 Å². The molecule has 0 fully saturated rings. The summed E-state index contributed by atoms with van der Waals surface area (Å²) in [6.45, 7) is 4.08. The molecule has 0 aliphatic carbocycles. The van der Waals surface area contributed by atoms with E-state index < -0.39 is 15.9 Å². The van der Waals surface area contributed by atoms with E-state index in [9.17, 15) is 18.3 Å². The van der Waals surface area contributed by atoms with E-state index in [4.69, 9.17) is 4.52 Å². The van der Waals surface area contributed by atoms with Crippen LogP contribution in [0.25, 0.3) is 11.3 Å². The molecule has 1 heterocycles. The third-order valence-electron chi connectivity index (χ3n) is 4.36. The van der Waals surface area contributed by atoms with Gasteiger partial charge in [-0.1, -0.05) is 49.3 Å². The molecule has 29 heavy (non-hydrogen) atoms. The van der Waals surface area contributed by atoms with Crippen molar-refractivity contribution in [3.63, 3.8) is 0 Å². The number of nitrogens with zero attached hydrogens (tertiary/aromatic N) is 2. The minimum Gasteiger partial charge on any atom is -0.506 e. The number of hydrogen-bond donors (Lipinski definition) is 2. The van der Waals surface area contributed by atoms with E-state index in [1.807, 2.05) is 30.3 Å². The number of anilines is 1. The van der Waals surface area contributed by atoms with E-state index >= 15 is 0 Å². The predicted octanol–water partition coefficient (Wildman–Crippen LogP) is 3.33. The number of nitrogens with one attached hydrogen (secondary N) is 1. The first-order valence-corrected chi connectivity index (χ1v) is 10.5. The standard InChI is InChI=1S/C20H21N3O5S/c1-3-23(4-2)29(26,27)15-10-11-18(24)17(12-15)21-20(25)19-13-16(22-28-19)14-8-6-5-7-9-14/h5-13,24H,3-4H2,1-2H3,(H,21,25). The van der Waals surface area contributed by atoms with Gasteiger partial charge in [0.25, 0.3) is 5.91 Å². The Balaban J connectivity index is 1.85. The van der Waals surface area contributed by atoms with E-state index in [0.717, 1.165) is 5.56 Å². The molecule has 0 aliphatic rings. The van der Waals surface area contributed by atoms with Crippen LogP contribution in [0.5, 0.6) is 5.75 Å². The number of phenolic OH excluding ortho intramolecular Hbond substituents is 1. The van der Waals surface area contributed by atoms with E-state index in [1.165, 1.54) is 28.6 Å². The van der Waals surface area contributed by atoms with Crippen LogP contribution in [0, 0.1) is 0 Å². The van der Waals surface area contributed by atoms with Gasteiger partial charge in [0.1, 0.15) is 11.4 Å². The van der Waals surface area contributed by atoms with Crippen molar-refractivity contribution in [1.29, 1.82) is 0 Å². The molecule has 152 valence electrons. The number of aromatic nitrogens is 1. The fourth-order valence-corrected chi connectivity index (χ4v) is 4.28. The van der Waals surface area contributed by atoms with E-state index in [1.54, 1.807) is 13.8 Å². The van der Waals surface area contributed by atoms with Gasteiger partial charge in [-0.05, 0) is 18.2 Å². The van der Waals surface area contributed by atoms with Crippen molar-refractivity contribution in [3.8, 4) is 17.0 Å². The van der Waals surface area contributed by atoms with Gasteiger partial charge >= 0.3 is 0 Å².